The van der Waals surface area contributed by atoms with Crippen LogP contribution >= 0.6 is 0 Å². The highest BCUT2D eigenvalue weighted by Crippen LogP contribution is 2.45. The van der Waals surface area contributed by atoms with Gasteiger partial charge < -0.3 is 0 Å². The van der Waals surface area contributed by atoms with Crippen LogP contribution in [0, 0.1) is 39.3 Å². The molecule has 0 aromatic heterocycles. The molecular formula is C63H56N8O8. The lowest BCUT2D eigenvalue weighted by atomic mass is 9.74. The van der Waals surface area contributed by atoms with Crippen molar-refractivity contribution in [3.63, 3.8) is 0 Å². The molecule has 0 saturated heterocycles. The molecule has 8 aromatic carbocycles. The minimum atomic E-state index is -0.793. The van der Waals surface area contributed by atoms with E-state index in [1.807, 2.05) is 152 Å². The maximum atomic E-state index is 13.6. The summed E-state index contributed by atoms with van der Waals surface area (Å²) in [5.41, 5.74) is 7.93. The lowest BCUT2D eigenvalue weighted by Crippen LogP contribution is -2.20. The van der Waals surface area contributed by atoms with Crippen LogP contribution in [0.4, 0.5) is 45.5 Å². The molecule has 0 bridgehead atoms. The predicted molar refractivity (Wildman–Crippen MR) is 312 cm³/mol. The van der Waals surface area contributed by atoms with Crippen molar-refractivity contribution in [3.8, 4) is 0 Å². The van der Waals surface area contributed by atoms with Gasteiger partial charge in [-0.25, -0.2) is 0 Å². The first-order valence-corrected chi connectivity index (χ1v) is 25.4. The van der Waals surface area contributed by atoms with Crippen molar-refractivity contribution in [2.24, 2.45) is 41.4 Å². The molecular weight excluding hydrogens is 997 g/mol. The Morgan fingerprint density at radius 2 is 0.456 bits per heavy atom. The van der Waals surface area contributed by atoms with Gasteiger partial charge in [0.1, 0.15) is 45.5 Å². The number of benzene rings is 8. The van der Waals surface area contributed by atoms with Crippen molar-refractivity contribution < 1.29 is 0 Å². The van der Waals surface area contributed by atoms with E-state index in [4.69, 9.17) is 0 Å². The highest BCUT2D eigenvalue weighted by atomic mass is 16.3. The van der Waals surface area contributed by atoms with Crippen LogP contribution in [-0.2, 0) is 40.9 Å². The third-order valence-electron chi connectivity index (χ3n) is 15.9. The van der Waals surface area contributed by atoms with Gasteiger partial charge in [0.2, 0.25) is 0 Å². The monoisotopic (exact) mass is 1050 g/mol. The zero-order valence-corrected chi connectivity index (χ0v) is 45.0. The lowest BCUT2D eigenvalue weighted by molar-refractivity contribution is 0.637. The molecule has 16 heteroatoms. The Morgan fingerprint density at radius 3 is 0.684 bits per heavy atom. The maximum absolute atomic E-state index is 13.6. The Hall–Kier alpha value is -9.44. The van der Waals surface area contributed by atoms with E-state index >= 15 is 0 Å². The van der Waals surface area contributed by atoms with Crippen LogP contribution in [0.3, 0.4) is 0 Å². The SMILES string of the molecule is CC(C)(c1ccc(N=O)cc1)c1ccc(N=O)c(Cc2cc(C(C)(C)c3ccc(N=O)cc3)cc(Cc3cc(C(C)(C)c4ccc(N=O)cc4)cc(Cc4cc(C(C)(C)c5ccc(N=O)cc5)ccc4N=O)c3N=O)c2N=O)c1. The van der Waals surface area contributed by atoms with E-state index in [0.29, 0.717) is 33.4 Å². The predicted octanol–water partition coefficient (Wildman–Crippen LogP) is 18.9. The van der Waals surface area contributed by atoms with Crippen molar-refractivity contribution in [3.05, 3.63) is 275 Å². The van der Waals surface area contributed by atoms with E-state index in [1.54, 1.807) is 60.7 Å². The van der Waals surface area contributed by atoms with Gasteiger partial charge in [-0.05, 0) is 180 Å². The molecule has 0 spiro atoms. The minimum absolute atomic E-state index is 0.0278. The molecule has 0 aliphatic rings. The lowest BCUT2D eigenvalue weighted by Gasteiger charge is -2.29. The first-order valence-electron chi connectivity index (χ1n) is 25.4. The van der Waals surface area contributed by atoms with Gasteiger partial charge in [-0.1, -0.05) is 152 Å². The highest BCUT2D eigenvalue weighted by Gasteiger charge is 2.32. The first-order chi connectivity index (χ1) is 37.7. The molecule has 16 nitrogen and oxygen atoms in total. The molecule has 0 amide bonds. The van der Waals surface area contributed by atoms with Crippen LogP contribution in [-0.4, -0.2) is 0 Å². The van der Waals surface area contributed by atoms with Crippen LogP contribution in [0.1, 0.15) is 133 Å². The van der Waals surface area contributed by atoms with Crippen LogP contribution in [0.5, 0.6) is 0 Å². The number of hydrogen-bond acceptors (Lipinski definition) is 16. The van der Waals surface area contributed by atoms with E-state index in [9.17, 15) is 39.3 Å². The Morgan fingerprint density at radius 1 is 0.241 bits per heavy atom. The molecule has 0 unspecified atom stereocenters. The minimum Gasteiger partial charge on any atom is -0.145 e. The zero-order chi connectivity index (χ0) is 56.9. The largest absolute Gasteiger partial charge is 0.145 e. The van der Waals surface area contributed by atoms with E-state index in [0.717, 1.165) is 44.5 Å². The Labute approximate surface area is 456 Å². The van der Waals surface area contributed by atoms with Gasteiger partial charge in [0.05, 0.1) is 0 Å². The summed E-state index contributed by atoms with van der Waals surface area (Å²) in [5, 5.41) is 26.5. The zero-order valence-electron chi connectivity index (χ0n) is 45.0. The number of hydrogen-bond donors (Lipinski definition) is 0. The van der Waals surface area contributed by atoms with Crippen molar-refractivity contribution >= 4 is 45.5 Å². The third-order valence-corrected chi connectivity index (χ3v) is 15.9. The van der Waals surface area contributed by atoms with Gasteiger partial charge in [-0.15, -0.1) is 39.3 Å². The molecule has 0 aliphatic carbocycles. The highest BCUT2D eigenvalue weighted by molar-refractivity contribution is 5.67. The molecule has 0 radical (unpaired) electrons. The van der Waals surface area contributed by atoms with Crippen LogP contribution < -0.4 is 0 Å². The fraction of sp³-hybridized carbons (Fsp3) is 0.238. The van der Waals surface area contributed by atoms with Crippen molar-refractivity contribution in [2.45, 2.75) is 96.3 Å². The molecule has 8 rings (SSSR count). The fourth-order valence-electron chi connectivity index (χ4n) is 10.5. The summed E-state index contributed by atoms with van der Waals surface area (Å²) in [6.45, 7) is 16.0. The van der Waals surface area contributed by atoms with Crippen LogP contribution in [0.2, 0.25) is 0 Å². The second-order valence-corrected chi connectivity index (χ2v) is 21.9. The third kappa shape index (κ3) is 11.2. The van der Waals surface area contributed by atoms with Gasteiger partial charge in [-0.2, -0.15) is 0 Å². The molecule has 79 heavy (non-hydrogen) atoms. The van der Waals surface area contributed by atoms with Gasteiger partial charge >= 0.3 is 0 Å². The average Bonchev–Trinajstić information content (AvgIpc) is 3.51. The standard InChI is InChI=1S/C63H56N8O8/c1-60(2,44-9-19-52(64-72)20-10-44)48-17-27-56(68-76)38(32-48)29-40-34-50(62(5,6)46-13-23-54(66-74)24-14-46)36-42(58(40)70-78)31-43-37-51(63(7,8)47-15-25-55(67-75)26-16-47)35-41(59(43)71-79)30-39-33-49(18-28-57(39)69-77)61(3,4)45-11-21-53(65-73)22-12-45/h9-28,32-37H,29-31H2,1-8H3. The molecule has 0 heterocycles. The molecule has 0 N–H and O–H groups in total. The number of nitroso groups, excluding NO2 is 8. The Balaban J connectivity index is 1.33. The summed E-state index contributed by atoms with van der Waals surface area (Å²) in [7, 11) is 0. The summed E-state index contributed by atoms with van der Waals surface area (Å²) < 4.78 is 0. The maximum Gasteiger partial charge on any atom is 0.115 e. The molecule has 396 valence electrons. The van der Waals surface area contributed by atoms with Gasteiger partial charge in [0.25, 0.3) is 0 Å². The second-order valence-electron chi connectivity index (χ2n) is 21.9. The van der Waals surface area contributed by atoms with Gasteiger partial charge in [0, 0.05) is 40.9 Å². The number of rotatable bonds is 22. The van der Waals surface area contributed by atoms with E-state index in [2.05, 4.69) is 41.4 Å². The molecule has 8 aromatic rings. The van der Waals surface area contributed by atoms with E-state index in [1.165, 1.54) is 0 Å². The quantitative estimate of drug-likeness (QED) is 0.0590. The second kappa shape index (κ2) is 22.6. The smallest absolute Gasteiger partial charge is 0.115 e. The van der Waals surface area contributed by atoms with Crippen LogP contribution in [0.15, 0.2) is 199 Å². The average molecular weight is 1050 g/mol. The Bertz CT molecular complexity index is 3440. The summed E-state index contributed by atoms with van der Waals surface area (Å²) >= 11 is 0. The topological polar surface area (TPSA) is 235 Å². The molecule has 0 aliphatic heterocycles. The van der Waals surface area contributed by atoms with Gasteiger partial charge in [0.15, 0.2) is 0 Å². The van der Waals surface area contributed by atoms with Crippen LogP contribution in [0.25, 0.3) is 0 Å². The van der Waals surface area contributed by atoms with Gasteiger partial charge in [-0.3, -0.25) is 0 Å². The Kier molecular flexibility index (Phi) is 16.0. The first kappa shape index (κ1) is 55.8. The fourth-order valence-corrected chi connectivity index (χ4v) is 10.5. The molecule has 0 atom stereocenters. The summed E-state index contributed by atoms with van der Waals surface area (Å²) in [6, 6.07) is 45.7. The van der Waals surface area contributed by atoms with Crippen molar-refractivity contribution in [2.75, 3.05) is 0 Å². The van der Waals surface area contributed by atoms with Crippen molar-refractivity contribution in [1.29, 1.82) is 0 Å². The summed E-state index contributed by atoms with van der Waals surface area (Å²) in [4.78, 5) is 98.0. The summed E-state index contributed by atoms with van der Waals surface area (Å²) in [6.07, 6.45) is 0.00696. The molecule has 0 fully saturated rings. The number of nitrogens with zero attached hydrogens (tertiary/aromatic N) is 8. The molecule has 0 saturated carbocycles. The van der Waals surface area contributed by atoms with E-state index < -0.39 is 21.7 Å². The van der Waals surface area contributed by atoms with Crippen molar-refractivity contribution in [1.82, 2.24) is 0 Å². The normalized spacial score (nSPS) is 11.8. The summed E-state index contributed by atoms with van der Waals surface area (Å²) in [5.74, 6) is 0. The van der Waals surface area contributed by atoms with E-state index in [-0.39, 0.29) is 64.8 Å².